The fraction of sp³-hybridized carbons (Fsp3) is 0.133. The topological polar surface area (TPSA) is 73.2 Å². The van der Waals surface area contributed by atoms with Crippen molar-refractivity contribution in [3.05, 3.63) is 48.7 Å². The van der Waals surface area contributed by atoms with Crippen LogP contribution < -0.4 is 9.46 Å². The number of benzene rings is 2. The summed E-state index contributed by atoms with van der Waals surface area (Å²) in [7, 11) is -0.367. The molecule has 3 aromatic rings. The standard InChI is InChI=1S/C15H15N3O3S/c1-18-15-11(10-16-18)4-3-5-14(15)17-22(19,20)13-8-6-12(21-2)7-9-13/h3-10,17H,1-2H3. The highest BCUT2D eigenvalue weighted by Crippen LogP contribution is 2.25. The highest BCUT2D eigenvalue weighted by molar-refractivity contribution is 7.92. The molecule has 0 amide bonds. The van der Waals surface area contributed by atoms with Gasteiger partial charge in [0, 0.05) is 12.4 Å². The Morgan fingerprint density at radius 2 is 1.86 bits per heavy atom. The van der Waals surface area contributed by atoms with Crippen molar-refractivity contribution in [1.82, 2.24) is 9.78 Å². The van der Waals surface area contributed by atoms with Crippen LogP contribution in [0.4, 0.5) is 5.69 Å². The number of sulfonamides is 1. The monoisotopic (exact) mass is 317 g/mol. The molecular formula is C15H15N3O3S. The van der Waals surface area contributed by atoms with Crippen LogP contribution in [0.1, 0.15) is 0 Å². The van der Waals surface area contributed by atoms with Crippen molar-refractivity contribution < 1.29 is 13.2 Å². The lowest BCUT2D eigenvalue weighted by molar-refractivity contribution is 0.414. The third-order valence-corrected chi connectivity index (χ3v) is 4.76. The molecular weight excluding hydrogens is 302 g/mol. The van der Waals surface area contributed by atoms with Crippen LogP contribution in [0.2, 0.25) is 0 Å². The molecule has 1 N–H and O–H groups in total. The summed E-state index contributed by atoms with van der Waals surface area (Å²) in [5.41, 5.74) is 1.23. The molecule has 7 heteroatoms. The summed E-state index contributed by atoms with van der Waals surface area (Å²) < 4.78 is 34.3. The summed E-state index contributed by atoms with van der Waals surface area (Å²) in [6.45, 7) is 0. The largest absolute Gasteiger partial charge is 0.497 e. The van der Waals surface area contributed by atoms with Gasteiger partial charge in [0.05, 0.1) is 29.4 Å². The van der Waals surface area contributed by atoms with E-state index in [1.807, 2.05) is 6.07 Å². The Balaban J connectivity index is 2.01. The highest BCUT2D eigenvalue weighted by atomic mass is 32.2. The molecule has 6 nitrogen and oxygen atoms in total. The zero-order chi connectivity index (χ0) is 15.7. The highest BCUT2D eigenvalue weighted by Gasteiger charge is 2.16. The van der Waals surface area contributed by atoms with Gasteiger partial charge < -0.3 is 4.74 Å². The molecule has 1 aromatic heterocycles. The van der Waals surface area contributed by atoms with E-state index in [0.717, 1.165) is 10.9 Å². The predicted molar refractivity (Wildman–Crippen MR) is 84.5 cm³/mol. The lowest BCUT2D eigenvalue weighted by Crippen LogP contribution is -2.13. The quantitative estimate of drug-likeness (QED) is 0.802. The Kier molecular flexibility index (Phi) is 3.50. The third kappa shape index (κ3) is 2.50. The van der Waals surface area contributed by atoms with E-state index in [1.54, 1.807) is 42.2 Å². The molecule has 0 atom stereocenters. The average molecular weight is 317 g/mol. The van der Waals surface area contributed by atoms with Crippen LogP contribution in [-0.2, 0) is 17.1 Å². The first kappa shape index (κ1) is 14.4. The van der Waals surface area contributed by atoms with Crippen LogP contribution >= 0.6 is 0 Å². The van der Waals surface area contributed by atoms with Crippen molar-refractivity contribution in [2.45, 2.75) is 4.90 Å². The van der Waals surface area contributed by atoms with E-state index in [0.29, 0.717) is 11.4 Å². The van der Waals surface area contributed by atoms with Crippen LogP contribution in [0.25, 0.3) is 10.9 Å². The summed E-state index contributed by atoms with van der Waals surface area (Å²) in [6, 6.07) is 11.6. The van der Waals surface area contributed by atoms with Gasteiger partial charge >= 0.3 is 0 Å². The van der Waals surface area contributed by atoms with Crippen LogP contribution in [0.5, 0.6) is 5.75 Å². The maximum Gasteiger partial charge on any atom is 0.261 e. The molecule has 0 saturated heterocycles. The van der Waals surface area contributed by atoms with Crippen LogP contribution in [0, 0.1) is 0 Å². The number of rotatable bonds is 4. The summed E-state index contributed by atoms with van der Waals surface area (Å²) in [5, 5.41) is 5.02. The normalized spacial score (nSPS) is 11.5. The molecule has 22 heavy (non-hydrogen) atoms. The minimum atomic E-state index is -3.67. The first-order valence-corrected chi connectivity index (χ1v) is 8.07. The van der Waals surface area contributed by atoms with Crippen molar-refractivity contribution >= 4 is 26.6 Å². The van der Waals surface area contributed by atoms with E-state index in [4.69, 9.17) is 4.74 Å². The second kappa shape index (κ2) is 5.34. The number of methoxy groups -OCH3 is 1. The number of ether oxygens (including phenoxy) is 1. The Morgan fingerprint density at radius 3 is 2.55 bits per heavy atom. The smallest absolute Gasteiger partial charge is 0.261 e. The number of nitrogens with one attached hydrogen (secondary N) is 1. The lowest BCUT2D eigenvalue weighted by atomic mass is 10.2. The first-order valence-electron chi connectivity index (χ1n) is 6.59. The van der Waals surface area contributed by atoms with Gasteiger partial charge in [0.1, 0.15) is 5.75 Å². The molecule has 0 aliphatic rings. The van der Waals surface area contributed by atoms with E-state index >= 15 is 0 Å². The molecule has 0 aliphatic carbocycles. The number of hydrogen-bond donors (Lipinski definition) is 1. The summed E-state index contributed by atoms with van der Waals surface area (Å²) >= 11 is 0. The minimum absolute atomic E-state index is 0.174. The van der Waals surface area contributed by atoms with Gasteiger partial charge in [-0.2, -0.15) is 5.10 Å². The molecule has 0 spiro atoms. The molecule has 0 radical (unpaired) electrons. The van der Waals surface area contributed by atoms with Gasteiger partial charge in [-0.1, -0.05) is 12.1 Å². The fourth-order valence-corrected chi connectivity index (χ4v) is 3.34. The number of aryl methyl sites for hydroxylation is 1. The Hall–Kier alpha value is -2.54. The number of para-hydroxylation sites is 1. The van der Waals surface area contributed by atoms with Crippen molar-refractivity contribution in [3.63, 3.8) is 0 Å². The van der Waals surface area contributed by atoms with E-state index in [2.05, 4.69) is 9.82 Å². The molecule has 1 heterocycles. The fourth-order valence-electron chi connectivity index (χ4n) is 2.27. The van der Waals surface area contributed by atoms with E-state index in [9.17, 15) is 8.42 Å². The van der Waals surface area contributed by atoms with Gasteiger partial charge in [0.25, 0.3) is 10.0 Å². The molecule has 114 valence electrons. The van der Waals surface area contributed by atoms with Crippen LogP contribution in [0.15, 0.2) is 53.6 Å². The molecule has 0 bridgehead atoms. The Labute approximate surface area is 128 Å². The van der Waals surface area contributed by atoms with E-state index in [-0.39, 0.29) is 4.90 Å². The van der Waals surface area contributed by atoms with E-state index in [1.165, 1.54) is 19.2 Å². The van der Waals surface area contributed by atoms with Gasteiger partial charge in [-0.05, 0) is 30.3 Å². The molecule has 0 saturated carbocycles. The number of nitrogens with zero attached hydrogens (tertiary/aromatic N) is 2. The van der Waals surface area contributed by atoms with Crippen LogP contribution in [0.3, 0.4) is 0 Å². The van der Waals surface area contributed by atoms with Crippen molar-refractivity contribution in [2.24, 2.45) is 7.05 Å². The van der Waals surface area contributed by atoms with Gasteiger partial charge in [0.15, 0.2) is 0 Å². The summed E-state index contributed by atoms with van der Waals surface area (Å²) in [6.07, 6.45) is 1.69. The van der Waals surface area contributed by atoms with Gasteiger partial charge in [0.2, 0.25) is 0 Å². The molecule has 2 aromatic carbocycles. The lowest BCUT2D eigenvalue weighted by Gasteiger charge is -2.10. The molecule has 3 rings (SSSR count). The summed E-state index contributed by atoms with van der Waals surface area (Å²) in [5.74, 6) is 0.604. The molecule has 0 fully saturated rings. The third-order valence-electron chi connectivity index (χ3n) is 3.37. The zero-order valence-corrected chi connectivity index (χ0v) is 13.0. The van der Waals surface area contributed by atoms with Crippen molar-refractivity contribution in [1.29, 1.82) is 0 Å². The Morgan fingerprint density at radius 1 is 1.14 bits per heavy atom. The predicted octanol–water partition coefficient (Wildman–Crippen LogP) is 2.38. The van der Waals surface area contributed by atoms with Crippen LogP contribution in [-0.4, -0.2) is 25.3 Å². The van der Waals surface area contributed by atoms with Crippen molar-refractivity contribution in [2.75, 3.05) is 11.8 Å². The number of hydrogen-bond acceptors (Lipinski definition) is 4. The number of aromatic nitrogens is 2. The number of anilines is 1. The van der Waals surface area contributed by atoms with Gasteiger partial charge in [-0.25, -0.2) is 8.42 Å². The average Bonchev–Trinajstić information content (AvgIpc) is 2.90. The van der Waals surface area contributed by atoms with Crippen molar-refractivity contribution in [3.8, 4) is 5.75 Å². The molecule has 0 aliphatic heterocycles. The number of fused-ring (bicyclic) bond motifs is 1. The van der Waals surface area contributed by atoms with E-state index < -0.39 is 10.0 Å². The zero-order valence-electron chi connectivity index (χ0n) is 12.1. The first-order chi connectivity index (χ1) is 10.5. The Bertz CT molecular complexity index is 915. The second-order valence-corrected chi connectivity index (χ2v) is 6.48. The summed E-state index contributed by atoms with van der Waals surface area (Å²) in [4.78, 5) is 0.174. The second-order valence-electron chi connectivity index (χ2n) is 4.79. The van der Waals surface area contributed by atoms with Gasteiger partial charge in [-0.3, -0.25) is 9.40 Å². The minimum Gasteiger partial charge on any atom is -0.497 e. The van der Waals surface area contributed by atoms with Gasteiger partial charge in [-0.15, -0.1) is 0 Å². The maximum atomic E-state index is 12.5. The molecule has 0 unspecified atom stereocenters. The SMILES string of the molecule is COc1ccc(S(=O)(=O)Nc2cccc3cnn(C)c23)cc1. The maximum absolute atomic E-state index is 12.5.